The molecular formula is C6H11OS. The van der Waals surface area contributed by atoms with Gasteiger partial charge in [-0.2, -0.15) is 0 Å². The summed E-state index contributed by atoms with van der Waals surface area (Å²) in [4.78, 5) is 0. The van der Waals surface area contributed by atoms with Crippen LogP contribution in [0.1, 0.15) is 20.8 Å². The van der Waals surface area contributed by atoms with Crippen LogP contribution in [0, 0.1) is 5.41 Å². The van der Waals surface area contributed by atoms with Crippen molar-refractivity contribution in [3.05, 3.63) is 0 Å². The highest BCUT2D eigenvalue weighted by molar-refractivity contribution is 7.78. The Labute approximate surface area is 56.0 Å². The first-order valence-electron chi connectivity index (χ1n) is 2.55. The zero-order valence-corrected chi connectivity index (χ0v) is 6.34. The minimum absolute atomic E-state index is 0.200. The fraction of sp³-hybridized carbons (Fsp3) is 0.833. The lowest BCUT2D eigenvalue weighted by Crippen LogP contribution is -2.13. The maximum Gasteiger partial charge on any atom is 0.239 e. The fourth-order valence-corrected chi connectivity index (χ4v) is 0.305. The molecule has 2 heteroatoms. The Morgan fingerprint density at radius 3 is 2.12 bits per heavy atom. The third-order valence-corrected chi connectivity index (χ3v) is 0.682. The largest absolute Gasteiger partial charge is 0.480 e. The highest BCUT2D eigenvalue weighted by Gasteiger charge is 2.08. The minimum Gasteiger partial charge on any atom is -0.480 e. The number of hydrogen-bond acceptors (Lipinski definition) is 2. The summed E-state index contributed by atoms with van der Waals surface area (Å²) in [5, 5.41) is 0. The molecular weight excluding hydrogens is 120 g/mol. The predicted molar refractivity (Wildman–Crippen MR) is 38.0 cm³/mol. The van der Waals surface area contributed by atoms with Crippen molar-refractivity contribution in [1.82, 2.24) is 0 Å². The lowest BCUT2D eigenvalue weighted by atomic mass is 9.99. The zero-order valence-electron chi connectivity index (χ0n) is 5.52. The van der Waals surface area contributed by atoms with Gasteiger partial charge in [-0.15, -0.1) is 0 Å². The Kier molecular flexibility index (Phi) is 2.98. The smallest absolute Gasteiger partial charge is 0.239 e. The summed E-state index contributed by atoms with van der Waals surface area (Å²) in [6, 6.07) is 0. The minimum atomic E-state index is 0.200. The van der Waals surface area contributed by atoms with Gasteiger partial charge in [0.2, 0.25) is 5.55 Å². The van der Waals surface area contributed by atoms with Gasteiger partial charge in [0, 0.05) is 0 Å². The van der Waals surface area contributed by atoms with Crippen molar-refractivity contribution in [2.45, 2.75) is 20.8 Å². The molecule has 1 nitrogen and oxygen atoms in total. The summed E-state index contributed by atoms with van der Waals surface area (Å²) in [5.41, 5.74) is 2.41. The Morgan fingerprint density at radius 1 is 1.50 bits per heavy atom. The van der Waals surface area contributed by atoms with Crippen LogP contribution in [-0.4, -0.2) is 12.2 Å². The maximum atomic E-state index is 4.76. The van der Waals surface area contributed by atoms with Gasteiger partial charge in [-0.05, 0) is 17.6 Å². The van der Waals surface area contributed by atoms with Crippen LogP contribution < -0.4 is 0 Å². The second kappa shape index (κ2) is 3.02. The second-order valence-corrected chi connectivity index (χ2v) is 3.10. The zero-order chi connectivity index (χ0) is 6.62. The summed E-state index contributed by atoms with van der Waals surface area (Å²) in [5.74, 6) is 0. The summed E-state index contributed by atoms with van der Waals surface area (Å²) in [6.45, 7) is 6.90. The van der Waals surface area contributed by atoms with Crippen molar-refractivity contribution in [2.24, 2.45) is 5.41 Å². The summed E-state index contributed by atoms with van der Waals surface area (Å²) in [7, 11) is 0. The number of thiocarbonyl (C=S) groups is 1. The van der Waals surface area contributed by atoms with Crippen LogP contribution in [0.3, 0.4) is 0 Å². The average Bonchev–Trinajstić information content (AvgIpc) is 1.59. The van der Waals surface area contributed by atoms with Crippen molar-refractivity contribution in [3.8, 4) is 0 Å². The van der Waals surface area contributed by atoms with Crippen LogP contribution in [0.15, 0.2) is 0 Å². The Bertz CT molecular complexity index is 73.1. The molecule has 0 heterocycles. The van der Waals surface area contributed by atoms with E-state index in [1.165, 1.54) is 0 Å². The van der Waals surface area contributed by atoms with Gasteiger partial charge in [0.05, 0.1) is 6.61 Å². The van der Waals surface area contributed by atoms with E-state index in [1.807, 2.05) is 0 Å². The Morgan fingerprint density at radius 2 is 2.00 bits per heavy atom. The highest BCUT2D eigenvalue weighted by Crippen LogP contribution is 2.11. The van der Waals surface area contributed by atoms with Crippen LogP contribution in [0.4, 0.5) is 0 Å². The summed E-state index contributed by atoms with van der Waals surface area (Å²) in [6.07, 6.45) is 0. The van der Waals surface area contributed by atoms with Crippen LogP contribution in [-0.2, 0) is 4.74 Å². The van der Waals surface area contributed by atoms with Gasteiger partial charge in [-0.25, -0.2) is 0 Å². The molecule has 0 atom stereocenters. The summed E-state index contributed by atoms with van der Waals surface area (Å²) < 4.78 is 4.76. The van der Waals surface area contributed by atoms with Crippen molar-refractivity contribution < 1.29 is 4.74 Å². The SMILES string of the molecule is CC(C)(C)CO[C]=S. The molecule has 0 aromatic heterocycles. The quantitative estimate of drug-likeness (QED) is 0.529. The highest BCUT2D eigenvalue weighted by atomic mass is 32.1. The molecule has 0 aliphatic rings. The van der Waals surface area contributed by atoms with Gasteiger partial charge >= 0.3 is 0 Å². The Hall–Kier alpha value is -0.110. The second-order valence-electron chi connectivity index (χ2n) is 2.93. The fourth-order valence-electron chi connectivity index (χ4n) is 0.246. The van der Waals surface area contributed by atoms with Gasteiger partial charge < -0.3 is 4.74 Å². The van der Waals surface area contributed by atoms with Crippen molar-refractivity contribution >= 4 is 17.8 Å². The van der Waals surface area contributed by atoms with E-state index in [9.17, 15) is 0 Å². The van der Waals surface area contributed by atoms with E-state index in [0.29, 0.717) is 6.61 Å². The van der Waals surface area contributed by atoms with Gasteiger partial charge in [0.15, 0.2) is 0 Å². The van der Waals surface area contributed by atoms with Crippen LogP contribution in [0.25, 0.3) is 0 Å². The number of rotatable bonds is 2. The third-order valence-electron chi connectivity index (χ3n) is 0.564. The predicted octanol–water partition coefficient (Wildman–Crippen LogP) is 1.88. The molecule has 0 saturated carbocycles. The molecule has 0 unspecified atom stereocenters. The maximum absolute atomic E-state index is 4.76. The van der Waals surface area contributed by atoms with Crippen molar-refractivity contribution in [1.29, 1.82) is 0 Å². The third kappa shape index (κ3) is 5.89. The monoisotopic (exact) mass is 131 g/mol. The molecule has 0 amide bonds. The van der Waals surface area contributed by atoms with E-state index in [4.69, 9.17) is 4.74 Å². The normalized spacial score (nSPS) is 10.9. The first-order chi connectivity index (χ1) is 3.56. The van der Waals surface area contributed by atoms with Gasteiger partial charge in [-0.1, -0.05) is 20.8 Å². The molecule has 1 radical (unpaired) electrons. The van der Waals surface area contributed by atoms with Crippen LogP contribution >= 0.6 is 12.2 Å². The molecule has 8 heavy (non-hydrogen) atoms. The standard InChI is InChI=1S/C6H11OS/c1-6(2,3)4-7-5-8/h4H2,1-3H3. The van der Waals surface area contributed by atoms with Crippen molar-refractivity contribution in [3.63, 3.8) is 0 Å². The molecule has 0 spiro atoms. The van der Waals surface area contributed by atoms with Crippen LogP contribution in [0.2, 0.25) is 0 Å². The molecule has 47 valence electrons. The average molecular weight is 131 g/mol. The van der Waals surface area contributed by atoms with Gasteiger partial charge in [0.25, 0.3) is 0 Å². The van der Waals surface area contributed by atoms with E-state index in [2.05, 4.69) is 38.5 Å². The van der Waals surface area contributed by atoms with Crippen LogP contribution in [0.5, 0.6) is 0 Å². The molecule has 0 aliphatic carbocycles. The topological polar surface area (TPSA) is 9.23 Å². The molecule has 0 N–H and O–H groups in total. The van der Waals surface area contributed by atoms with Gasteiger partial charge in [0.1, 0.15) is 0 Å². The molecule has 0 fully saturated rings. The van der Waals surface area contributed by atoms with E-state index in [0.717, 1.165) is 0 Å². The first kappa shape index (κ1) is 7.89. The lowest BCUT2D eigenvalue weighted by molar-refractivity contribution is 0.200. The van der Waals surface area contributed by atoms with E-state index in [1.54, 1.807) is 0 Å². The molecule has 0 aliphatic heterocycles. The molecule has 0 aromatic rings. The van der Waals surface area contributed by atoms with E-state index < -0.39 is 0 Å². The van der Waals surface area contributed by atoms with Crippen molar-refractivity contribution in [2.75, 3.05) is 6.61 Å². The summed E-state index contributed by atoms with van der Waals surface area (Å²) >= 11 is 4.35. The molecule has 0 rings (SSSR count). The molecule has 0 aromatic carbocycles. The van der Waals surface area contributed by atoms with E-state index >= 15 is 0 Å². The number of hydrogen-bond donors (Lipinski definition) is 0. The number of ether oxygens (including phenoxy) is 1. The molecule has 0 bridgehead atoms. The molecule has 0 saturated heterocycles. The Balaban J connectivity index is 3.24. The van der Waals surface area contributed by atoms with E-state index in [-0.39, 0.29) is 5.41 Å². The first-order valence-corrected chi connectivity index (χ1v) is 2.96. The van der Waals surface area contributed by atoms with Gasteiger partial charge in [-0.3, -0.25) is 0 Å². The lowest BCUT2D eigenvalue weighted by Gasteiger charge is -2.15.